The van der Waals surface area contributed by atoms with Crippen LogP contribution in [0.3, 0.4) is 0 Å². The summed E-state index contributed by atoms with van der Waals surface area (Å²) >= 11 is 0. The largest absolute Gasteiger partial charge is 0.370 e. The fourth-order valence-electron chi connectivity index (χ4n) is 4.05. The lowest BCUT2D eigenvalue weighted by molar-refractivity contribution is 0.222. The number of anilines is 2. The molecular weight excluding hydrogens is 398 g/mol. The topological polar surface area (TPSA) is 60.0 Å². The number of sulfonamides is 1. The monoisotopic (exact) mass is 429 g/mol. The van der Waals surface area contributed by atoms with Crippen molar-refractivity contribution >= 4 is 21.5 Å². The van der Waals surface area contributed by atoms with Crippen LogP contribution in [-0.4, -0.2) is 82.0 Å². The van der Waals surface area contributed by atoms with E-state index in [0.717, 1.165) is 51.5 Å². The predicted molar refractivity (Wildman–Crippen MR) is 121 cm³/mol. The quantitative estimate of drug-likeness (QED) is 0.741. The first kappa shape index (κ1) is 21.1. The van der Waals surface area contributed by atoms with E-state index in [1.807, 2.05) is 13.1 Å². The molecule has 3 heterocycles. The van der Waals surface area contributed by atoms with Gasteiger partial charge >= 0.3 is 0 Å². The van der Waals surface area contributed by atoms with Gasteiger partial charge in [0.25, 0.3) is 0 Å². The summed E-state index contributed by atoms with van der Waals surface area (Å²) in [6.07, 6.45) is 2.56. The Morgan fingerprint density at radius 3 is 2.13 bits per heavy atom. The smallest absolute Gasteiger partial charge is 0.244 e. The van der Waals surface area contributed by atoms with Gasteiger partial charge in [-0.25, -0.2) is 13.4 Å². The average Bonchev–Trinajstić information content (AvgIpc) is 3.01. The van der Waals surface area contributed by atoms with Gasteiger partial charge in [-0.05, 0) is 44.7 Å². The van der Waals surface area contributed by atoms with E-state index >= 15 is 0 Å². The van der Waals surface area contributed by atoms with Crippen molar-refractivity contribution in [3.8, 4) is 0 Å². The molecule has 2 saturated heterocycles. The normalized spacial score (nSPS) is 19.7. The highest BCUT2D eigenvalue weighted by molar-refractivity contribution is 7.89. The van der Waals surface area contributed by atoms with Gasteiger partial charge in [0, 0.05) is 64.2 Å². The van der Waals surface area contributed by atoms with E-state index < -0.39 is 10.0 Å². The molecule has 4 rings (SSSR count). The van der Waals surface area contributed by atoms with E-state index in [2.05, 4.69) is 50.9 Å². The second-order valence-corrected chi connectivity index (χ2v) is 10.2. The highest BCUT2D eigenvalue weighted by Crippen LogP contribution is 2.22. The zero-order valence-corrected chi connectivity index (χ0v) is 18.7. The van der Waals surface area contributed by atoms with Gasteiger partial charge in [-0.15, -0.1) is 0 Å². The third-order valence-corrected chi connectivity index (χ3v) is 7.92. The molecule has 2 aromatic rings. The van der Waals surface area contributed by atoms with Crippen molar-refractivity contribution in [3.63, 3.8) is 0 Å². The Kier molecular flexibility index (Phi) is 6.26. The molecule has 1 aromatic carbocycles. The summed E-state index contributed by atoms with van der Waals surface area (Å²) in [4.78, 5) is 11.6. The summed E-state index contributed by atoms with van der Waals surface area (Å²) in [6.45, 7) is 8.40. The number of hydrogen-bond donors (Lipinski definition) is 0. The second kappa shape index (κ2) is 8.91. The molecule has 0 radical (unpaired) electrons. The van der Waals surface area contributed by atoms with Crippen molar-refractivity contribution in [3.05, 3.63) is 48.2 Å². The SMILES string of the molecule is Cc1ccc(N2CCCN(c3ccc(S(=O)(=O)N4CCN(C)CC4)cn3)CC2)cc1. The molecule has 8 heteroatoms. The Morgan fingerprint density at radius 2 is 1.47 bits per heavy atom. The van der Waals surface area contributed by atoms with Crippen LogP contribution in [0.15, 0.2) is 47.5 Å². The number of benzene rings is 1. The summed E-state index contributed by atoms with van der Waals surface area (Å²) in [5.41, 5.74) is 2.52. The molecule has 0 aliphatic carbocycles. The molecule has 30 heavy (non-hydrogen) atoms. The number of aryl methyl sites for hydroxylation is 1. The van der Waals surface area contributed by atoms with Crippen LogP contribution in [0.5, 0.6) is 0 Å². The maximum atomic E-state index is 12.9. The van der Waals surface area contributed by atoms with Crippen molar-refractivity contribution in [2.45, 2.75) is 18.2 Å². The lowest BCUT2D eigenvalue weighted by Crippen LogP contribution is -2.47. The molecule has 0 saturated carbocycles. The maximum absolute atomic E-state index is 12.9. The minimum absolute atomic E-state index is 0.284. The van der Waals surface area contributed by atoms with Gasteiger partial charge in [0.2, 0.25) is 10.0 Å². The van der Waals surface area contributed by atoms with Crippen LogP contribution in [-0.2, 0) is 10.0 Å². The number of aromatic nitrogens is 1. The average molecular weight is 430 g/mol. The fraction of sp³-hybridized carbons (Fsp3) is 0.500. The second-order valence-electron chi connectivity index (χ2n) is 8.22. The first-order valence-electron chi connectivity index (χ1n) is 10.6. The Labute approximate surface area is 180 Å². The van der Waals surface area contributed by atoms with Gasteiger partial charge in [0.15, 0.2) is 0 Å². The minimum atomic E-state index is -3.47. The van der Waals surface area contributed by atoms with Crippen LogP contribution in [0.1, 0.15) is 12.0 Å². The number of pyridine rings is 1. The van der Waals surface area contributed by atoms with Gasteiger partial charge in [0.1, 0.15) is 10.7 Å². The molecule has 7 nitrogen and oxygen atoms in total. The fourth-order valence-corrected chi connectivity index (χ4v) is 5.42. The van der Waals surface area contributed by atoms with E-state index in [1.165, 1.54) is 17.4 Å². The number of nitrogens with zero attached hydrogens (tertiary/aromatic N) is 5. The van der Waals surface area contributed by atoms with Gasteiger partial charge in [-0.3, -0.25) is 0 Å². The summed E-state index contributed by atoms with van der Waals surface area (Å²) in [6, 6.07) is 12.2. The van der Waals surface area contributed by atoms with Gasteiger partial charge in [-0.2, -0.15) is 4.31 Å². The Balaban J connectivity index is 1.42. The molecule has 2 aliphatic heterocycles. The molecule has 1 aromatic heterocycles. The van der Waals surface area contributed by atoms with E-state index in [1.54, 1.807) is 10.4 Å². The minimum Gasteiger partial charge on any atom is -0.370 e. The van der Waals surface area contributed by atoms with Crippen molar-refractivity contribution in [2.24, 2.45) is 0 Å². The van der Waals surface area contributed by atoms with Gasteiger partial charge < -0.3 is 14.7 Å². The lowest BCUT2D eigenvalue weighted by atomic mass is 10.2. The van der Waals surface area contributed by atoms with Gasteiger partial charge in [0.05, 0.1) is 0 Å². The van der Waals surface area contributed by atoms with Gasteiger partial charge in [-0.1, -0.05) is 17.7 Å². The van der Waals surface area contributed by atoms with Crippen molar-refractivity contribution in [2.75, 3.05) is 69.2 Å². The Bertz CT molecular complexity index is 938. The first-order valence-corrected chi connectivity index (χ1v) is 12.1. The summed E-state index contributed by atoms with van der Waals surface area (Å²) in [5.74, 6) is 0.845. The first-order chi connectivity index (χ1) is 14.4. The van der Waals surface area contributed by atoms with Crippen LogP contribution in [0, 0.1) is 6.92 Å². The zero-order chi connectivity index (χ0) is 21.1. The number of hydrogen-bond acceptors (Lipinski definition) is 6. The Morgan fingerprint density at radius 1 is 0.800 bits per heavy atom. The van der Waals surface area contributed by atoms with Crippen LogP contribution in [0.4, 0.5) is 11.5 Å². The highest BCUT2D eigenvalue weighted by atomic mass is 32.2. The van der Waals surface area contributed by atoms with Crippen LogP contribution < -0.4 is 9.80 Å². The molecule has 2 fully saturated rings. The van der Waals surface area contributed by atoms with Crippen LogP contribution in [0.2, 0.25) is 0 Å². The van der Waals surface area contributed by atoms with E-state index in [0.29, 0.717) is 13.1 Å². The summed E-state index contributed by atoms with van der Waals surface area (Å²) in [7, 11) is -1.46. The third-order valence-electron chi connectivity index (χ3n) is 6.04. The van der Waals surface area contributed by atoms with Crippen molar-refractivity contribution < 1.29 is 8.42 Å². The number of likely N-dealkylation sites (N-methyl/N-ethyl adjacent to an activating group) is 1. The Hall–Kier alpha value is -2.16. The van der Waals surface area contributed by atoms with E-state index in [4.69, 9.17) is 0 Å². The molecule has 0 atom stereocenters. The van der Waals surface area contributed by atoms with Crippen LogP contribution >= 0.6 is 0 Å². The molecular formula is C22H31N5O2S. The molecule has 2 aliphatic rings. The maximum Gasteiger partial charge on any atom is 0.244 e. The van der Waals surface area contributed by atoms with E-state index in [-0.39, 0.29) is 4.90 Å². The molecule has 162 valence electrons. The molecule has 0 N–H and O–H groups in total. The summed E-state index contributed by atoms with van der Waals surface area (Å²) < 4.78 is 27.4. The third kappa shape index (κ3) is 4.61. The lowest BCUT2D eigenvalue weighted by Gasteiger charge is -2.31. The molecule has 0 unspecified atom stereocenters. The standard InChI is InChI=1S/C22H31N5O2S/c1-19-4-6-20(7-5-19)25-10-3-11-26(15-14-25)22-9-8-21(18-23-22)30(28,29)27-16-12-24(2)13-17-27/h4-9,18H,3,10-17H2,1-2H3. The predicted octanol–water partition coefficient (Wildman–Crippen LogP) is 2.04. The number of piperazine rings is 1. The van der Waals surface area contributed by atoms with E-state index in [9.17, 15) is 8.42 Å². The van der Waals surface area contributed by atoms with Crippen LogP contribution in [0.25, 0.3) is 0 Å². The highest BCUT2D eigenvalue weighted by Gasteiger charge is 2.28. The number of rotatable bonds is 4. The van der Waals surface area contributed by atoms with Crippen molar-refractivity contribution in [1.82, 2.24) is 14.2 Å². The van der Waals surface area contributed by atoms with Crippen molar-refractivity contribution in [1.29, 1.82) is 0 Å². The zero-order valence-electron chi connectivity index (χ0n) is 17.9. The molecule has 0 bridgehead atoms. The molecule has 0 amide bonds. The molecule has 0 spiro atoms. The summed E-state index contributed by atoms with van der Waals surface area (Å²) in [5, 5.41) is 0.